The molecule has 21 heavy (non-hydrogen) atoms. The number of nitrogens with zero attached hydrogens (tertiary/aromatic N) is 2. The molecule has 1 fully saturated rings. The van der Waals surface area contributed by atoms with E-state index in [-0.39, 0.29) is 6.10 Å². The summed E-state index contributed by atoms with van der Waals surface area (Å²) in [6.45, 7) is 11.1. The average molecular weight is 300 g/mol. The molecule has 0 bridgehead atoms. The van der Waals surface area contributed by atoms with Gasteiger partial charge in [-0.25, -0.2) is 0 Å². The van der Waals surface area contributed by atoms with E-state index in [4.69, 9.17) is 14.2 Å². The number of ether oxygens (including phenoxy) is 3. The third-order valence-electron chi connectivity index (χ3n) is 3.64. The lowest BCUT2D eigenvalue weighted by atomic mass is 10.2. The van der Waals surface area contributed by atoms with Crippen molar-refractivity contribution in [1.82, 2.24) is 9.80 Å². The van der Waals surface area contributed by atoms with Gasteiger partial charge in [-0.3, -0.25) is 9.80 Å². The second-order valence-corrected chi connectivity index (χ2v) is 5.92. The van der Waals surface area contributed by atoms with Gasteiger partial charge in [0, 0.05) is 32.7 Å². The molecule has 1 N–H and O–H groups in total. The summed E-state index contributed by atoms with van der Waals surface area (Å²) in [6, 6.07) is 0. The number of hydrogen-bond acceptors (Lipinski definition) is 6. The second-order valence-electron chi connectivity index (χ2n) is 5.92. The van der Waals surface area contributed by atoms with Gasteiger partial charge in [0.2, 0.25) is 0 Å². The summed E-state index contributed by atoms with van der Waals surface area (Å²) in [5.41, 5.74) is 0. The standard InChI is InChI=1S/C15H28N2O4/c1-13(2)21-11-14(18)9-16-3-5-17(6-4-16)10-15-12-19-7-8-20-15/h12-14,18H,3-11H2,1-2H3. The van der Waals surface area contributed by atoms with Crippen LogP contribution in [0.4, 0.5) is 0 Å². The smallest absolute Gasteiger partial charge is 0.144 e. The molecule has 0 aromatic carbocycles. The molecular formula is C15H28N2O4. The van der Waals surface area contributed by atoms with Gasteiger partial charge >= 0.3 is 0 Å². The minimum absolute atomic E-state index is 0.169. The SMILES string of the molecule is CC(C)OCC(O)CN1CCN(CC2=COCCO2)CC1. The van der Waals surface area contributed by atoms with Gasteiger partial charge in [-0.1, -0.05) is 0 Å². The summed E-state index contributed by atoms with van der Waals surface area (Å²) < 4.78 is 16.3. The van der Waals surface area contributed by atoms with Crippen molar-refractivity contribution in [2.45, 2.75) is 26.1 Å². The summed E-state index contributed by atoms with van der Waals surface area (Å²) in [6.07, 6.45) is 1.49. The molecule has 0 aliphatic carbocycles. The van der Waals surface area contributed by atoms with E-state index in [1.165, 1.54) is 0 Å². The minimum atomic E-state index is -0.406. The number of β-amino-alcohol motifs (C(OH)–C–C–N with tert-alkyl or cyclic N) is 1. The first-order valence-electron chi connectivity index (χ1n) is 7.81. The van der Waals surface area contributed by atoms with E-state index in [1.807, 2.05) is 13.8 Å². The second kappa shape index (κ2) is 8.58. The van der Waals surface area contributed by atoms with Crippen molar-refractivity contribution >= 4 is 0 Å². The van der Waals surface area contributed by atoms with E-state index in [0.717, 1.165) is 38.5 Å². The molecule has 1 atom stereocenters. The van der Waals surface area contributed by atoms with Crippen LogP contribution in [0.5, 0.6) is 0 Å². The summed E-state index contributed by atoms with van der Waals surface area (Å²) in [5, 5.41) is 9.95. The van der Waals surface area contributed by atoms with Crippen LogP contribution in [0.1, 0.15) is 13.8 Å². The maximum atomic E-state index is 9.95. The van der Waals surface area contributed by atoms with Crippen LogP contribution in [-0.4, -0.2) is 86.2 Å². The van der Waals surface area contributed by atoms with Crippen LogP contribution in [-0.2, 0) is 14.2 Å². The normalized spacial score (nSPS) is 22.6. The van der Waals surface area contributed by atoms with Crippen LogP contribution >= 0.6 is 0 Å². The fourth-order valence-corrected chi connectivity index (χ4v) is 2.49. The fourth-order valence-electron chi connectivity index (χ4n) is 2.49. The molecule has 6 heteroatoms. The first kappa shape index (κ1) is 16.5. The highest BCUT2D eigenvalue weighted by Crippen LogP contribution is 2.10. The molecule has 0 amide bonds. The van der Waals surface area contributed by atoms with Gasteiger partial charge in [0.25, 0.3) is 0 Å². The van der Waals surface area contributed by atoms with Gasteiger partial charge < -0.3 is 19.3 Å². The zero-order valence-electron chi connectivity index (χ0n) is 13.2. The Labute approximate surface area is 127 Å². The Morgan fingerprint density at radius 3 is 2.52 bits per heavy atom. The first-order valence-corrected chi connectivity index (χ1v) is 7.81. The summed E-state index contributed by atoms with van der Waals surface area (Å²) in [4.78, 5) is 4.64. The van der Waals surface area contributed by atoms with E-state index in [2.05, 4.69) is 9.80 Å². The van der Waals surface area contributed by atoms with Crippen LogP contribution < -0.4 is 0 Å². The Hall–Kier alpha value is -0.820. The Bertz CT molecular complexity index is 328. The van der Waals surface area contributed by atoms with Crippen LogP contribution in [0.3, 0.4) is 0 Å². The zero-order chi connectivity index (χ0) is 15.1. The first-order chi connectivity index (χ1) is 10.1. The summed E-state index contributed by atoms with van der Waals surface area (Å²) in [7, 11) is 0. The monoisotopic (exact) mass is 300 g/mol. The lowest BCUT2D eigenvalue weighted by Crippen LogP contribution is -2.49. The topological polar surface area (TPSA) is 54.4 Å². The van der Waals surface area contributed by atoms with Crippen LogP contribution in [0, 0.1) is 0 Å². The minimum Gasteiger partial charge on any atom is -0.494 e. The Kier molecular flexibility index (Phi) is 6.76. The predicted molar refractivity (Wildman–Crippen MR) is 80.0 cm³/mol. The maximum Gasteiger partial charge on any atom is 0.144 e. The molecule has 2 rings (SSSR count). The van der Waals surface area contributed by atoms with E-state index < -0.39 is 6.10 Å². The van der Waals surface area contributed by atoms with Crippen LogP contribution in [0.15, 0.2) is 12.0 Å². The lowest BCUT2D eigenvalue weighted by molar-refractivity contribution is -0.0152. The number of aliphatic hydroxyl groups is 1. The lowest BCUT2D eigenvalue weighted by Gasteiger charge is -2.36. The molecule has 1 saturated heterocycles. The maximum absolute atomic E-state index is 9.95. The largest absolute Gasteiger partial charge is 0.494 e. The molecule has 122 valence electrons. The predicted octanol–water partition coefficient (Wildman–Crippen LogP) is 0.278. The summed E-state index contributed by atoms with van der Waals surface area (Å²) >= 11 is 0. The van der Waals surface area contributed by atoms with Crippen molar-refractivity contribution < 1.29 is 19.3 Å². The Morgan fingerprint density at radius 2 is 1.90 bits per heavy atom. The quantitative estimate of drug-likeness (QED) is 0.729. The number of aliphatic hydroxyl groups excluding tert-OH is 1. The molecule has 0 spiro atoms. The molecular weight excluding hydrogens is 272 g/mol. The van der Waals surface area contributed by atoms with E-state index in [0.29, 0.717) is 26.4 Å². The van der Waals surface area contributed by atoms with Gasteiger partial charge in [0.05, 0.1) is 25.4 Å². The molecule has 0 aromatic rings. The Balaban J connectivity index is 1.62. The third-order valence-corrected chi connectivity index (χ3v) is 3.64. The zero-order valence-corrected chi connectivity index (χ0v) is 13.2. The molecule has 2 aliphatic rings. The van der Waals surface area contributed by atoms with Gasteiger partial charge in [-0.15, -0.1) is 0 Å². The molecule has 2 aliphatic heterocycles. The fraction of sp³-hybridized carbons (Fsp3) is 0.867. The van der Waals surface area contributed by atoms with Crippen molar-refractivity contribution in [2.75, 3.05) is 59.1 Å². The van der Waals surface area contributed by atoms with Gasteiger partial charge in [0.1, 0.15) is 25.2 Å². The molecule has 2 heterocycles. The molecule has 1 unspecified atom stereocenters. The highest BCUT2D eigenvalue weighted by molar-refractivity contribution is 4.94. The third kappa shape index (κ3) is 6.22. The number of rotatable bonds is 7. The van der Waals surface area contributed by atoms with Crippen LogP contribution in [0.2, 0.25) is 0 Å². The number of piperazine rings is 1. The molecule has 0 saturated carbocycles. The molecule has 0 aromatic heterocycles. The van der Waals surface area contributed by atoms with Crippen molar-refractivity contribution in [3.63, 3.8) is 0 Å². The molecule has 0 radical (unpaired) electrons. The van der Waals surface area contributed by atoms with Gasteiger partial charge in [0.15, 0.2) is 0 Å². The number of hydrogen-bond donors (Lipinski definition) is 1. The highest BCUT2D eigenvalue weighted by atomic mass is 16.6. The van der Waals surface area contributed by atoms with Crippen molar-refractivity contribution in [2.24, 2.45) is 0 Å². The molecule has 6 nitrogen and oxygen atoms in total. The van der Waals surface area contributed by atoms with Crippen molar-refractivity contribution in [3.05, 3.63) is 12.0 Å². The van der Waals surface area contributed by atoms with Crippen LogP contribution in [0.25, 0.3) is 0 Å². The Morgan fingerprint density at radius 1 is 1.19 bits per heavy atom. The van der Waals surface area contributed by atoms with E-state index in [1.54, 1.807) is 6.26 Å². The highest BCUT2D eigenvalue weighted by Gasteiger charge is 2.21. The van der Waals surface area contributed by atoms with Gasteiger partial charge in [-0.2, -0.15) is 0 Å². The average Bonchev–Trinajstić information content (AvgIpc) is 2.48. The van der Waals surface area contributed by atoms with Crippen molar-refractivity contribution in [3.8, 4) is 0 Å². The van der Waals surface area contributed by atoms with Crippen molar-refractivity contribution in [1.29, 1.82) is 0 Å². The van der Waals surface area contributed by atoms with E-state index in [9.17, 15) is 5.11 Å². The van der Waals surface area contributed by atoms with E-state index >= 15 is 0 Å². The summed E-state index contributed by atoms with van der Waals surface area (Å²) in [5.74, 6) is 0.917. The van der Waals surface area contributed by atoms with Gasteiger partial charge in [-0.05, 0) is 13.8 Å².